The Balaban J connectivity index is 3.12. The normalized spacial score (nSPS) is 13.0. The first-order valence-electron chi connectivity index (χ1n) is 4.10. The highest BCUT2D eigenvalue weighted by atomic mass is 35.5. The molecule has 0 nitrogen and oxygen atoms in total. The summed E-state index contributed by atoms with van der Waals surface area (Å²) in [5.41, 5.74) is 1.07. The zero-order valence-electron chi connectivity index (χ0n) is 7.27. The van der Waals surface area contributed by atoms with Crippen molar-refractivity contribution in [1.82, 2.24) is 0 Å². The molecule has 1 aromatic rings. The Hall–Kier alpha value is -0.200. The van der Waals surface area contributed by atoms with E-state index in [2.05, 4.69) is 13.8 Å². The highest BCUT2D eigenvalue weighted by molar-refractivity contribution is 6.36. The van der Waals surface area contributed by atoms with Crippen LogP contribution in [0.2, 0.25) is 10.0 Å². The molecule has 0 fully saturated rings. The molecular weight excluding hydrogens is 191 g/mol. The van der Waals surface area contributed by atoms with Gasteiger partial charge in [0.2, 0.25) is 0 Å². The molecule has 0 aromatic heterocycles. The standard InChI is InChI=1S/C10H12Cl2/c1-3-7(2)10-8(11)5-4-6-9(10)12/h4-7H,3H2,1-2H3. The molecule has 0 heterocycles. The van der Waals surface area contributed by atoms with Crippen LogP contribution in [0.25, 0.3) is 0 Å². The van der Waals surface area contributed by atoms with E-state index in [0.29, 0.717) is 5.92 Å². The second-order valence-corrected chi connectivity index (χ2v) is 3.76. The Bertz CT molecular complexity index is 248. The van der Waals surface area contributed by atoms with E-state index in [0.717, 1.165) is 22.0 Å². The Morgan fingerprint density at radius 2 is 1.75 bits per heavy atom. The summed E-state index contributed by atoms with van der Waals surface area (Å²) < 4.78 is 0. The Morgan fingerprint density at radius 1 is 1.25 bits per heavy atom. The predicted molar refractivity (Wildman–Crippen MR) is 55.2 cm³/mol. The van der Waals surface area contributed by atoms with Gasteiger partial charge in [-0.05, 0) is 30.0 Å². The van der Waals surface area contributed by atoms with Crippen molar-refractivity contribution in [2.24, 2.45) is 0 Å². The van der Waals surface area contributed by atoms with Gasteiger partial charge in [-0.1, -0.05) is 43.1 Å². The van der Waals surface area contributed by atoms with Crippen LogP contribution >= 0.6 is 23.2 Å². The van der Waals surface area contributed by atoms with Crippen molar-refractivity contribution < 1.29 is 0 Å². The van der Waals surface area contributed by atoms with E-state index in [9.17, 15) is 0 Å². The van der Waals surface area contributed by atoms with Gasteiger partial charge in [-0.2, -0.15) is 0 Å². The monoisotopic (exact) mass is 202 g/mol. The second kappa shape index (κ2) is 4.15. The molecule has 1 unspecified atom stereocenters. The number of halogens is 2. The fraction of sp³-hybridized carbons (Fsp3) is 0.400. The van der Waals surface area contributed by atoms with Crippen LogP contribution in [0.15, 0.2) is 18.2 Å². The maximum atomic E-state index is 6.02. The van der Waals surface area contributed by atoms with Gasteiger partial charge in [0.25, 0.3) is 0 Å². The first-order valence-corrected chi connectivity index (χ1v) is 4.86. The van der Waals surface area contributed by atoms with Crippen LogP contribution in [0.5, 0.6) is 0 Å². The SMILES string of the molecule is CCC(C)c1c(Cl)cccc1Cl. The molecule has 12 heavy (non-hydrogen) atoms. The van der Waals surface area contributed by atoms with Crippen LogP contribution < -0.4 is 0 Å². The van der Waals surface area contributed by atoms with Gasteiger partial charge in [-0.3, -0.25) is 0 Å². The molecule has 0 aliphatic heterocycles. The molecular formula is C10H12Cl2. The van der Waals surface area contributed by atoms with Crippen molar-refractivity contribution in [3.8, 4) is 0 Å². The summed E-state index contributed by atoms with van der Waals surface area (Å²) in [5.74, 6) is 0.436. The smallest absolute Gasteiger partial charge is 0.0455 e. The van der Waals surface area contributed by atoms with Gasteiger partial charge >= 0.3 is 0 Å². The Kier molecular flexibility index (Phi) is 3.42. The summed E-state index contributed by atoms with van der Waals surface area (Å²) in [7, 11) is 0. The van der Waals surface area contributed by atoms with E-state index in [-0.39, 0.29) is 0 Å². The molecule has 0 N–H and O–H groups in total. The summed E-state index contributed by atoms with van der Waals surface area (Å²) >= 11 is 12.0. The fourth-order valence-corrected chi connectivity index (χ4v) is 1.96. The molecule has 0 saturated carbocycles. The predicted octanol–water partition coefficient (Wildman–Crippen LogP) is 4.51. The van der Waals surface area contributed by atoms with Crippen LogP contribution in [-0.4, -0.2) is 0 Å². The minimum absolute atomic E-state index is 0.436. The summed E-state index contributed by atoms with van der Waals surface area (Å²) in [6.07, 6.45) is 1.06. The third kappa shape index (κ3) is 1.94. The van der Waals surface area contributed by atoms with E-state index in [1.165, 1.54) is 0 Å². The van der Waals surface area contributed by atoms with Crippen molar-refractivity contribution in [3.05, 3.63) is 33.8 Å². The lowest BCUT2D eigenvalue weighted by molar-refractivity contribution is 0.734. The van der Waals surface area contributed by atoms with Gasteiger partial charge in [-0.25, -0.2) is 0 Å². The molecule has 1 rings (SSSR count). The highest BCUT2D eigenvalue weighted by Crippen LogP contribution is 2.32. The van der Waals surface area contributed by atoms with Gasteiger partial charge in [-0.15, -0.1) is 0 Å². The Morgan fingerprint density at radius 3 is 2.17 bits per heavy atom. The van der Waals surface area contributed by atoms with Crippen LogP contribution in [0, 0.1) is 0 Å². The van der Waals surface area contributed by atoms with E-state index in [1.54, 1.807) is 0 Å². The minimum atomic E-state index is 0.436. The average molecular weight is 203 g/mol. The van der Waals surface area contributed by atoms with Crippen molar-refractivity contribution in [3.63, 3.8) is 0 Å². The highest BCUT2D eigenvalue weighted by Gasteiger charge is 2.10. The third-order valence-electron chi connectivity index (χ3n) is 2.10. The maximum absolute atomic E-state index is 6.02. The van der Waals surface area contributed by atoms with E-state index in [1.807, 2.05) is 18.2 Å². The van der Waals surface area contributed by atoms with Crippen molar-refractivity contribution in [2.45, 2.75) is 26.2 Å². The molecule has 1 aromatic carbocycles. The van der Waals surface area contributed by atoms with Crippen LogP contribution in [0.4, 0.5) is 0 Å². The van der Waals surface area contributed by atoms with Gasteiger partial charge < -0.3 is 0 Å². The lowest BCUT2D eigenvalue weighted by Gasteiger charge is -2.12. The number of rotatable bonds is 2. The zero-order valence-corrected chi connectivity index (χ0v) is 8.78. The lowest BCUT2D eigenvalue weighted by atomic mass is 9.99. The summed E-state index contributed by atoms with van der Waals surface area (Å²) in [5, 5.41) is 1.55. The third-order valence-corrected chi connectivity index (χ3v) is 2.76. The van der Waals surface area contributed by atoms with Crippen LogP contribution in [-0.2, 0) is 0 Å². The molecule has 0 spiro atoms. The first kappa shape index (κ1) is 9.88. The van der Waals surface area contributed by atoms with Gasteiger partial charge in [0.15, 0.2) is 0 Å². The molecule has 0 aliphatic rings. The molecule has 66 valence electrons. The number of hydrogen-bond donors (Lipinski definition) is 0. The summed E-state index contributed by atoms with van der Waals surface area (Å²) in [6, 6.07) is 5.64. The number of benzene rings is 1. The van der Waals surface area contributed by atoms with Crippen molar-refractivity contribution in [2.75, 3.05) is 0 Å². The average Bonchev–Trinajstić information content (AvgIpc) is 2.03. The van der Waals surface area contributed by atoms with Crippen LogP contribution in [0.3, 0.4) is 0 Å². The largest absolute Gasteiger partial charge is 0.0840 e. The number of hydrogen-bond acceptors (Lipinski definition) is 0. The van der Waals surface area contributed by atoms with E-state index >= 15 is 0 Å². The minimum Gasteiger partial charge on any atom is -0.0840 e. The second-order valence-electron chi connectivity index (χ2n) is 2.94. The molecule has 1 atom stereocenters. The molecule has 0 bridgehead atoms. The molecule has 0 saturated heterocycles. The fourth-order valence-electron chi connectivity index (χ4n) is 1.19. The van der Waals surface area contributed by atoms with Crippen molar-refractivity contribution >= 4 is 23.2 Å². The van der Waals surface area contributed by atoms with Gasteiger partial charge in [0.1, 0.15) is 0 Å². The van der Waals surface area contributed by atoms with Gasteiger partial charge in [0, 0.05) is 10.0 Å². The first-order chi connectivity index (χ1) is 5.66. The molecule has 0 aliphatic carbocycles. The quantitative estimate of drug-likeness (QED) is 0.663. The maximum Gasteiger partial charge on any atom is 0.0455 e. The summed E-state index contributed by atoms with van der Waals surface area (Å²) in [6.45, 7) is 4.26. The Labute approximate surface area is 83.5 Å². The lowest BCUT2D eigenvalue weighted by Crippen LogP contribution is -1.93. The van der Waals surface area contributed by atoms with E-state index < -0.39 is 0 Å². The van der Waals surface area contributed by atoms with Crippen LogP contribution in [0.1, 0.15) is 31.7 Å². The topological polar surface area (TPSA) is 0 Å². The molecule has 2 heteroatoms. The van der Waals surface area contributed by atoms with E-state index in [4.69, 9.17) is 23.2 Å². The molecule has 0 amide bonds. The zero-order chi connectivity index (χ0) is 9.14. The van der Waals surface area contributed by atoms with Gasteiger partial charge in [0.05, 0.1) is 0 Å². The van der Waals surface area contributed by atoms with Crippen molar-refractivity contribution in [1.29, 1.82) is 0 Å². The summed E-state index contributed by atoms with van der Waals surface area (Å²) in [4.78, 5) is 0. The molecule has 0 radical (unpaired) electrons.